The zero-order valence-corrected chi connectivity index (χ0v) is 11.7. The molecule has 0 rings (SSSR count). The molecular weight excluding hydrogens is 265 g/mol. The van der Waals surface area contributed by atoms with Gasteiger partial charge in [0.05, 0.1) is 6.10 Å². The summed E-state index contributed by atoms with van der Waals surface area (Å²) in [6.45, 7) is 12.9. The highest BCUT2D eigenvalue weighted by Gasteiger charge is 2.25. The molecule has 0 aromatic heterocycles. The standard InChI is InChI=1S/C16H21F3O/c1-5-8-15(13(3)6-2)10-9-14(4)20-12-7-11-16(17,18)19/h5-6,8-10,14H,1-3,7,11-12H2,4H3/b10-9-,15-8+. The second kappa shape index (κ2) is 9.37. The zero-order valence-electron chi connectivity index (χ0n) is 11.7. The largest absolute Gasteiger partial charge is 0.389 e. The van der Waals surface area contributed by atoms with Crippen molar-refractivity contribution in [2.45, 2.75) is 32.0 Å². The molecule has 0 saturated heterocycles. The van der Waals surface area contributed by atoms with E-state index in [0.717, 1.165) is 11.1 Å². The Bertz CT molecular complexity index is 389. The Morgan fingerprint density at radius 3 is 2.45 bits per heavy atom. The Balaban J connectivity index is 4.23. The van der Waals surface area contributed by atoms with Gasteiger partial charge in [0.2, 0.25) is 0 Å². The Hall–Kier alpha value is -1.55. The van der Waals surface area contributed by atoms with Crippen molar-refractivity contribution >= 4 is 0 Å². The molecular formula is C16H21F3O. The van der Waals surface area contributed by atoms with E-state index in [1.54, 1.807) is 37.3 Å². The molecule has 0 aliphatic heterocycles. The summed E-state index contributed by atoms with van der Waals surface area (Å²) in [5.74, 6) is 0. The predicted molar refractivity (Wildman–Crippen MR) is 77.5 cm³/mol. The van der Waals surface area contributed by atoms with E-state index in [-0.39, 0.29) is 19.1 Å². The van der Waals surface area contributed by atoms with E-state index >= 15 is 0 Å². The third kappa shape index (κ3) is 9.39. The highest BCUT2D eigenvalue weighted by Crippen LogP contribution is 2.21. The van der Waals surface area contributed by atoms with Crippen molar-refractivity contribution in [3.63, 3.8) is 0 Å². The summed E-state index contributed by atoms with van der Waals surface area (Å²) in [4.78, 5) is 0. The first-order valence-electron chi connectivity index (χ1n) is 6.31. The third-order valence-corrected chi connectivity index (χ3v) is 2.45. The Kier molecular flexibility index (Phi) is 8.64. The molecule has 1 unspecified atom stereocenters. The molecule has 20 heavy (non-hydrogen) atoms. The molecule has 0 aromatic rings. The van der Waals surface area contributed by atoms with Crippen LogP contribution in [0.25, 0.3) is 0 Å². The average molecular weight is 286 g/mol. The minimum atomic E-state index is -4.12. The van der Waals surface area contributed by atoms with Crippen molar-refractivity contribution in [3.8, 4) is 0 Å². The van der Waals surface area contributed by atoms with Crippen molar-refractivity contribution in [1.29, 1.82) is 0 Å². The van der Waals surface area contributed by atoms with E-state index in [1.165, 1.54) is 0 Å². The van der Waals surface area contributed by atoms with Gasteiger partial charge in [-0.1, -0.05) is 50.1 Å². The van der Waals surface area contributed by atoms with E-state index in [0.29, 0.717) is 0 Å². The maximum Gasteiger partial charge on any atom is 0.389 e. The van der Waals surface area contributed by atoms with Crippen LogP contribution in [0, 0.1) is 0 Å². The van der Waals surface area contributed by atoms with Crippen LogP contribution in [0.2, 0.25) is 0 Å². The molecule has 0 N–H and O–H groups in total. The predicted octanol–water partition coefficient (Wildman–Crippen LogP) is 5.14. The van der Waals surface area contributed by atoms with E-state index in [1.807, 2.05) is 0 Å². The lowest BCUT2D eigenvalue weighted by atomic mass is 10.1. The first kappa shape index (κ1) is 18.4. The normalized spacial score (nSPS) is 14.3. The molecule has 0 spiro atoms. The second-order valence-electron chi connectivity index (χ2n) is 4.24. The number of hydrogen-bond acceptors (Lipinski definition) is 1. The molecule has 0 bridgehead atoms. The number of rotatable bonds is 9. The fourth-order valence-electron chi connectivity index (χ4n) is 1.35. The Labute approximate surface area is 118 Å². The van der Waals surface area contributed by atoms with Gasteiger partial charge in [-0.3, -0.25) is 0 Å². The van der Waals surface area contributed by atoms with E-state index in [9.17, 15) is 13.2 Å². The van der Waals surface area contributed by atoms with Gasteiger partial charge in [-0.05, 0) is 24.5 Å². The van der Waals surface area contributed by atoms with E-state index in [2.05, 4.69) is 19.7 Å². The summed E-state index contributed by atoms with van der Waals surface area (Å²) < 4.78 is 41.1. The minimum absolute atomic E-state index is 0.0313. The summed E-state index contributed by atoms with van der Waals surface area (Å²) in [5.41, 5.74) is 1.58. The number of halogens is 3. The van der Waals surface area contributed by atoms with E-state index in [4.69, 9.17) is 4.74 Å². The number of ether oxygens (including phenoxy) is 1. The lowest BCUT2D eigenvalue weighted by Crippen LogP contribution is -2.11. The molecule has 0 radical (unpaired) electrons. The monoisotopic (exact) mass is 286 g/mol. The van der Waals surface area contributed by atoms with E-state index < -0.39 is 12.6 Å². The second-order valence-corrected chi connectivity index (χ2v) is 4.24. The van der Waals surface area contributed by atoms with Gasteiger partial charge in [-0.2, -0.15) is 13.2 Å². The van der Waals surface area contributed by atoms with Crippen molar-refractivity contribution in [2.24, 2.45) is 0 Å². The van der Waals surface area contributed by atoms with Crippen LogP contribution in [-0.4, -0.2) is 18.9 Å². The summed E-state index contributed by atoms with van der Waals surface area (Å²) in [7, 11) is 0. The van der Waals surface area contributed by atoms with Gasteiger partial charge in [0.25, 0.3) is 0 Å². The van der Waals surface area contributed by atoms with Crippen molar-refractivity contribution in [1.82, 2.24) is 0 Å². The molecule has 0 amide bonds. The third-order valence-electron chi connectivity index (χ3n) is 2.45. The number of allylic oxidation sites excluding steroid dienone is 6. The highest BCUT2D eigenvalue weighted by molar-refractivity contribution is 5.45. The lowest BCUT2D eigenvalue weighted by Gasteiger charge is -2.10. The summed E-state index contributed by atoms with van der Waals surface area (Å²) in [6.07, 6.45) is 3.33. The minimum Gasteiger partial charge on any atom is -0.374 e. The van der Waals surface area contributed by atoms with Gasteiger partial charge in [-0.15, -0.1) is 0 Å². The topological polar surface area (TPSA) is 9.23 Å². The first-order chi connectivity index (χ1) is 9.30. The summed E-state index contributed by atoms with van der Waals surface area (Å²) in [5, 5.41) is 0. The maximum absolute atomic E-state index is 11.9. The molecule has 4 heteroatoms. The lowest BCUT2D eigenvalue weighted by molar-refractivity contribution is -0.138. The van der Waals surface area contributed by atoms with Gasteiger partial charge in [0.1, 0.15) is 0 Å². The summed E-state index contributed by atoms with van der Waals surface area (Å²) in [6, 6.07) is 0. The van der Waals surface area contributed by atoms with Crippen molar-refractivity contribution in [3.05, 3.63) is 61.3 Å². The van der Waals surface area contributed by atoms with Gasteiger partial charge < -0.3 is 4.74 Å². The van der Waals surface area contributed by atoms with Crippen LogP contribution in [0.15, 0.2) is 61.3 Å². The number of alkyl halides is 3. The molecule has 0 aliphatic rings. The van der Waals surface area contributed by atoms with Gasteiger partial charge in [0, 0.05) is 13.0 Å². The van der Waals surface area contributed by atoms with Gasteiger partial charge in [0.15, 0.2) is 0 Å². The Morgan fingerprint density at radius 1 is 1.30 bits per heavy atom. The first-order valence-corrected chi connectivity index (χ1v) is 6.31. The Morgan fingerprint density at radius 2 is 1.95 bits per heavy atom. The molecule has 1 nitrogen and oxygen atoms in total. The van der Waals surface area contributed by atoms with Crippen LogP contribution in [0.4, 0.5) is 13.2 Å². The van der Waals surface area contributed by atoms with Crippen LogP contribution in [-0.2, 0) is 4.74 Å². The van der Waals surface area contributed by atoms with Gasteiger partial charge in [-0.25, -0.2) is 0 Å². The van der Waals surface area contributed by atoms with Crippen LogP contribution in [0.1, 0.15) is 19.8 Å². The van der Waals surface area contributed by atoms with Crippen LogP contribution >= 0.6 is 0 Å². The van der Waals surface area contributed by atoms with Gasteiger partial charge >= 0.3 is 6.18 Å². The SMILES string of the molecule is C=C/C=C(\C=C/C(C)OCCCC(F)(F)F)C(=C)C=C. The van der Waals surface area contributed by atoms with Crippen LogP contribution in [0.5, 0.6) is 0 Å². The maximum atomic E-state index is 11.9. The molecule has 112 valence electrons. The molecule has 0 heterocycles. The zero-order chi connectivity index (χ0) is 15.6. The quantitative estimate of drug-likeness (QED) is 0.421. The summed E-state index contributed by atoms with van der Waals surface area (Å²) >= 11 is 0. The van der Waals surface area contributed by atoms with Crippen LogP contribution < -0.4 is 0 Å². The number of hydrogen-bond donors (Lipinski definition) is 0. The average Bonchev–Trinajstić information content (AvgIpc) is 2.37. The van der Waals surface area contributed by atoms with Crippen LogP contribution in [0.3, 0.4) is 0 Å². The molecule has 0 saturated carbocycles. The molecule has 1 atom stereocenters. The molecule has 0 fully saturated rings. The van der Waals surface area contributed by atoms with Crippen molar-refractivity contribution < 1.29 is 17.9 Å². The molecule has 0 aromatic carbocycles. The highest BCUT2D eigenvalue weighted by atomic mass is 19.4. The fourth-order valence-corrected chi connectivity index (χ4v) is 1.35. The fraction of sp³-hybridized carbons (Fsp3) is 0.375. The smallest absolute Gasteiger partial charge is 0.374 e. The van der Waals surface area contributed by atoms with Crippen molar-refractivity contribution in [2.75, 3.05) is 6.61 Å². The molecule has 0 aliphatic carbocycles.